The Morgan fingerprint density at radius 2 is 2.18 bits per heavy atom. The molecule has 1 aromatic carbocycles. The predicted octanol–water partition coefficient (Wildman–Crippen LogP) is 3.22. The molecule has 0 spiro atoms. The summed E-state index contributed by atoms with van der Waals surface area (Å²) in [4.78, 5) is 12.7. The van der Waals surface area contributed by atoms with E-state index in [2.05, 4.69) is 0 Å². The Kier molecular flexibility index (Phi) is 3.36. The number of carbonyl (C=O) groups excluding carboxylic acids is 1. The third kappa shape index (κ3) is 2.43. The summed E-state index contributed by atoms with van der Waals surface area (Å²) >= 11 is 7.22. The van der Waals surface area contributed by atoms with Crippen LogP contribution < -0.4 is 10.5 Å². The van der Waals surface area contributed by atoms with E-state index in [1.807, 2.05) is 0 Å². The Labute approximate surface area is 108 Å². The summed E-state index contributed by atoms with van der Waals surface area (Å²) in [5.41, 5.74) is 6.58. The number of ether oxygens (including phenoxy) is 1. The number of hydrogen-bond acceptors (Lipinski definition) is 4. The number of ketones is 1. The maximum absolute atomic E-state index is 12.1. The second kappa shape index (κ2) is 4.77. The van der Waals surface area contributed by atoms with E-state index in [0.717, 1.165) is 0 Å². The molecule has 0 aliphatic carbocycles. The summed E-state index contributed by atoms with van der Waals surface area (Å²) in [5, 5.41) is 2.17. The Balaban J connectivity index is 2.33. The lowest BCUT2D eigenvalue weighted by Gasteiger charge is -2.01. The van der Waals surface area contributed by atoms with Gasteiger partial charge in [0.15, 0.2) is 0 Å². The van der Waals surface area contributed by atoms with Gasteiger partial charge in [0.2, 0.25) is 5.78 Å². The monoisotopic (exact) mass is 267 g/mol. The maximum atomic E-state index is 12.1. The number of benzene rings is 1. The number of thiophene rings is 1. The van der Waals surface area contributed by atoms with E-state index in [0.29, 0.717) is 26.9 Å². The topological polar surface area (TPSA) is 52.3 Å². The molecule has 0 radical (unpaired) electrons. The lowest BCUT2D eigenvalue weighted by molar-refractivity contribution is 0.104. The molecule has 88 valence electrons. The Morgan fingerprint density at radius 3 is 2.76 bits per heavy atom. The van der Waals surface area contributed by atoms with Gasteiger partial charge in [0.05, 0.1) is 22.7 Å². The van der Waals surface area contributed by atoms with E-state index < -0.39 is 0 Å². The molecular formula is C12H10ClNO2S. The molecule has 0 fully saturated rings. The van der Waals surface area contributed by atoms with Gasteiger partial charge in [0.25, 0.3) is 0 Å². The molecule has 5 heteroatoms. The average Bonchev–Trinajstić information content (AvgIpc) is 2.80. The first-order valence-electron chi connectivity index (χ1n) is 4.84. The van der Waals surface area contributed by atoms with Crippen LogP contribution in [-0.4, -0.2) is 12.9 Å². The molecule has 0 saturated carbocycles. The molecule has 1 heterocycles. The van der Waals surface area contributed by atoms with Gasteiger partial charge < -0.3 is 10.5 Å². The molecule has 2 rings (SSSR count). The highest BCUT2D eigenvalue weighted by Gasteiger charge is 2.13. The highest BCUT2D eigenvalue weighted by molar-refractivity contribution is 7.12. The lowest BCUT2D eigenvalue weighted by Crippen LogP contribution is -1.99. The van der Waals surface area contributed by atoms with Crippen molar-refractivity contribution in [1.82, 2.24) is 0 Å². The number of nitrogen functional groups attached to an aromatic ring is 1. The number of methoxy groups -OCH3 is 1. The molecule has 0 aliphatic rings. The van der Waals surface area contributed by atoms with Crippen molar-refractivity contribution >= 4 is 34.4 Å². The van der Waals surface area contributed by atoms with Crippen molar-refractivity contribution in [3.05, 3.63) is 45.1 Å². The summed E-state index contributed by atoms with van der Waals surface area (Å²) in [6.07, 6.45) is 0. The van der Waals surface area contributed by atoms with Crippen LogP contribution in [0.5, 0.6) is 5.75 Å². The smallest absolute Gasteiger partial charge is 0.203 e. The van der Waals surface area contributed by atoms with Gasteiger partial charge in [0.1, 0.15) is 5.75 Å². The van der Waals surface area contributed by atoms with E-state index in [1.54, 1.807) is 36.8 Å². The first-order chi connectivity index (χ1) is 8.11. The van der Waals surface area contributed by atoms with Crippen molar-refractivity contribution in [3.63, 3.8) is 0 Å². The fraction of sp³-hybridized carbons (Fsp3) is 0.0833. The SMILES string of the molecule is COc1csc(C(=O)c2ccc(N)c(Cl)c2)c1. The normalized spacial score (nSPS) is 10.2. The van der Waals surface area contributed by atoms with Crippen molar-refractivity contribution in [2.45, 2.75) is 0 Å². The summed E-state index contributed by atoms with van der Waals surface area (Å²) in [7, 11) is 1.57. The molecular weight excluding hydrogens is 258 g/mol. The predicted molar refractivity (Wildman–Crippen MR) is 70.2 cm³/mol. The van der Waals surface area contributed by atoms with Crippen LogP contribution in [0.25, 0.3) is 0 Å². The number of rotatable bonds is 3. The molecule has 3 nitrogen and oxygen atoms in total. The number of halogens is 1. The Hall–Kier alpha value is -1.52. The summed E-state index contributed by atoms with van der Waals surface area (Å²) < 4.78 is 5.04. The van der Waals surface area contributed by atoms with Crippen LogP contribution in [0, 0.1) is 0 Å². The number of hydrogen-bond donors (Lipinski definition) is 1. The van der Waals surface area contributed by atoms with Crippen LogP contribution >= 0.6 is 22.9 Å². The van der Waals surface area contributed by atoms with Gasteiger partial charge in [-0.05, 0) is 18.2 Å². The highest BCUT2D eigenvalue weighted by Crippen LogP contribution is 2.26. The fourth-order valence-corrected chi connectivity index (χ4v) is 2.35. The van der Waals surface area contributed by atoms with Gasteiger partial charge in [-0.3, -0.25) is 4.79 Å². The van der Waals surface area contributed by atoms with Crippen LogP contribution in [0.2, 0.25) is 5.02 Å². The van der Waals surface area contributed by atoms with E-state index >= 15 is 0 Å². The van der Waals surface area contributed by atoms with E-state index in [-0.39, 0.29) is 5.78 Å². The van der Waals surface area contributed by atoms with Crippen LogP contribution in [0.3, 0.4) is 0 Å². The molecule has 2 aromatic rings. The maximum Gasteiger partial charge on any atom is 0.203 e. The zero-order valence-electron chi connectivity index (χ0n) is 9.07. The average molecular weight is 268 g/mol. The second-order valence-electron chi connectivity index (χ2n) is 3.42. The summed E-state index contributed by atoms with van der Waals surface area (Å²) in [6.45, 7) is 0. The molecule has 2 N–H and O–H groups in total. The van der Waals surface area contributed by atoms with Crippen LogP contribution in [0.4, 0.5) is 5.69 Å². The number of anilines is 1. The second-order valence-corrected chi connectivity index (χ2v) is 4.73. The third-order valence-corrected chi connectivity index (χ3v) is 3.53. The molecule has 0 aliphatic heterocycles. The summed E-state index contributed by atoms with van der Waals surface area (Å²) in [5.74, 6) is 0.597. The van der Waals surface area contributed by atoms with Gasteiger partial charge in [-0.15, -0.1) is 11.3 Å². The minimum Gasteiger partial charge on any atom is -0.496 e. The first-order valence-corrected chi connectivity index (χ1v) is 6.10. The fourth-order valence-electron chi connectivity index (χ4n) is 1.36. The molecule has 0 atom stereocenters. The van der Waals surface area contributed by atoms with Gasteiger partial charge >= 0.3 is 0 Å². The standard InChI is InChI=1S/C12H10ClNO2S/c1-16-8-5-11(17-6-8)12(15)7-2-3-10(14)9(13)4-7/h2-6H,14H2,1H3. The van der Waals surface area contributed by atoms with Crippen LogP contribution in [-0.2, 0) is 0 Å². The molecule has 0 bridgehead atoms. The molecule has 0 saturated heterocycles. The van der Waals surface area contributed by atoms with E-state index in [4.69, 9.17) is 22.1 Å². The number of carbonyl (C=O) groups is 1. The largest absolute Gasteiger partial charge is 0.496 e. The Morgan fingerprint density at radius 1 is 1.41 bits per heavy atom. The highest BCUT2D eigenvalue weighted by atomic mass is 35.5. The van der Waals surface area contributed by atoms with E-state index in [9.17, 15) is 4.79 Å². The third-order valence-electron chi connectivity index (χ3n) is 2.30. The van der Waals surface area contributed by atoms with Crippen LogP contribution in [0.15, 0.2) is 29.6 Å². The zero-order chi connectivity index (χ0) is 12.4. The van der Waals surface area contributed by atoms with Crippen molar-refractivity contribution < 1.29 is 9.53 Å². The van der Waals surface area contributed by atoms with Gasteiger partial charge in [-0.25, -0.2) is 0 Å². The van der Waals surface area contributed by atoms with Gasteiger partial charge in [0, 0.05) is 17.0 Å². The van der Waals surface area contributed by atoms with Gasteiger partial charge in [-0.1, -0.05) is 11.6 Å². The molecule has 17 heavy (non-hydrogen) atoms. The molecule has 0 unspecified atom stereocenters. The molecule has 0 amide bonds. The van der Waals surface area contributed by atoms with Crippen molar-refractivity contribution in [2.75, 3.05) is 12.8 Å². The lowest BCUT2D eigenvalue weighted by atomic mass is 10.1. The number of nitrogens with two attached hydrogens (primary N) is 1. The van der Waals surface area contributed by atoms with Crippen molar-refractivity contribution in [1.29, 1.82) is 0 Å². The summed E-state index contributed by atoms with van der Waals surface area (Å²) in [6, 6.07) is 6.57. The van der Waals surface area contributed by atoms with Gasteiger partial charge in [-0.2, -0.15) is 0 Å². The molecule has 1 aromatic heterocycles. The quantitative estimate of drug-likeness (QED) is 0.686. The minimum absolute atomic E-state index is 0.0831. The first kappa shape index (κ1) is 12.0. The van der Waals surface area contributed by atoms with Crippen molar-refractivity contribution in [2.24, 2.45) is 0 Å². The van der Waals surface area contributed by atoms with Crippen LogP contribution in [0.1, 0.15) is 15.2 Å². The minimum atomic E-state index is -0.0831. The zero-order valence-corrected chi connectivity index (χ0v) is 10.6. The van der Waals surface area contributed by atoms with E-state index in [1.165, 1.54) is 11.3 Å². The van der Waals surface area contributed by atoms with Crippen molar-refractivity contribution in [3.8, 4) is 5.75 Å². The Bertz CT molecular complexity index is 565.